The summed E-state index contributed by atoms with van der Waals surface area (Å²) in [5.41, 5.74) is 1.64. The van der Waals surface area contributed by atoms with Crippen LogP contribution >= 0.6 is 0 Å². The fraction of sp³-hybridized carbons (Fsp3) is 0.333. The van der Waals surface area contributed by atoms with Gasteiger partial charge in [0.1, 0.15) is 28.2 Å². The summed E-state index contributed by atoms with van der Waals surface area (Å²) in [4.78, 5) is 18.7. The van der Waals surface area contributed by atoms with Crippen molar-refractivity contribution in [2.75, 3.05) is 33.9 Å². The fourth-order valence-electron chi connectivity index (χ4n) is 4.38. The zero-order valence-electron chi connectivity index (χ0n) is 22.9. The zero-order valence-corrected chi connectivity index (χ0v) is 23.8. The number of rotatable bonds is 6. The van der Waals surface area contributed by atoms with Crippen LogP contribution in [0.4, 0.5) is 0 Å². The molecule has 1 aliphatic heterocycles. The molecule has 0 radical (unpaired) electrons. The van der Waals surface area contributed by atoms with Crippen LogP contribution < -0.4 is 9.47 Å². The standard InChI is InChI=1S/C30H33N3O6S/c1-21-18-33(22(2)20-34)40(36,37)29-15-12-24(9-8-23-10-13-25(38-4)14-11-23)17-27(29)39-28(21)19-32(3)30(35)26-7-5-6-16-31-26/h5-7,10-17,21-22,28,34H,18-20H2,1-4H3/t21-,22+,28+/m1/s1. The van der Waals surface area contributed by atoms with E-state index in [1.54, 1.807) is 57.6 Å². The number of amides is 1. The van der Waals surface area contributed by atoms with E-state index < -0.39 is 22.2 Å². The number of pyridine rings is 1. The Morgan fingerprint density at radius 3 is 2.52 bits per heavy atom. The maximum atomic E-state index is 13.7. The van der Waals surface area contributed by atoms with Crippen LogP contribution in [0.2, 0.25) is 0 Å². The second-order valence-electron chi connectivity index (χ2n) is 9.78. The van der Waals surface area contributed by atoms with Crippen molar-refractivity contribution in [3.8, 4) is 23.3 Å². The summed E-state index contributed by atoms with van der Waals surface area (Å²) in [7, 11) is -0.740. The van der Waals surface area contributed by atoms with Gasteiger partial charge in [0.15, 0.2) is 0 Å². The number of methoxy groups -OCH3 is 1. The van der Waals surface area contributed by atoms with Crippen LogP contribution in [-0.2, 0) is 10.0 Å². The van der Waals surface area contributed by atoms with E-state index in [1.165, 1.54) is 15.3 Å². The Balaban J connectivity index is 1.70. The van der Waals surface area contributed by atoms with Crippen molar-refractivity contribution < 1.29 is 27.8 Å². The van der Waals surface area contributed by atoms with Gasteiger partial charge < -0.3 is 19.5 Å². The minimum Gasteiger partial charge on any atom is -0.497 e. The first-order chi connectivity index (χ1) is 19.1. The molecule has 0 fully saturated rings. The molecule has 0 bridgehead atoms. The van der Waals surface area contributed by atoms with E-state index in [0.717, 1.165) is 11.3 Å². The van der Waals surface area contributed by atoms with E-state index in [9.17, 15) is 18.3 Å². The molecule has 1 N–H and O–H groups in total. The van der Waals surface area contributed by atoms with Gasteiger partial charge in [-0.1, -0.05) is 24.8 Å². The fourth-order valence-corrected chi connectivity index (χ4v) is 6.20. The molecule has 2 aromatic carbocycles. The Morgan fingerprint density at radius 2 is 1.88 bits per heavy atom. The highest BCUT2D eigenvalue weighted by Crippen LogP contribution is 2.34. The third-order valence-corrected chi connectivity index (χ3v) is 8.81. The summed E-state index contributed by atoms with van der Waals surface area (Å²) >= 11 is 0. The lowest BCUT2D eigenvalue weighted by Crippen LogP contribution is -2.50. The molecule has 9 nitrogen and oxygen atoms in total. The third kappa shape index (κ3) is 6.45. The number of nitrogens with zero attached hydrogens (tertiary/aromatic N) is 3. The Labute approximate surface area is 235 Å². The number of hydrogen-bond acceptors (Lipinski definition) is 7. The maximum Gasteiger partial charge on any atom is 0.272 e. The van der Waals surface area contributed by atoms with Crippen LogP contribution in [0.15, 0.2) is 71.8 Å². The third-order valence-electron chi connectivity index (χ3n) is 6.79. The van der Waals surface area contributed by atoms with Crippen molar-refractivity contribution in [3.05, 3.63) is 83.7 Å². The maximum absolute atomic E-state index is 13.7. The van der Waals surface area contributed by atoms with Crippen molar-refractivity contribution >= 4 is 15.9 Å². The molecule has 0 unspecified atom stereocenters. The van der Waals surface area contributed by atoms with E-state index >= 15 is 0 Å². The highest BCUT2D eigenvalue weighted by atomic mass is 32.2. The first-order valence-electron chi connectivity index (χ1n) is 12.9. The molecule has 40 heavy (non-hydrogen) atoms. The minimum absolute atomic E-state index is 0.0154. The molecule has 0 aliphatic carbocycles. The monoisotopic (exact) mass is 563 g/mol. The number of likely N-dealkylation sites (N-methyl/N-ethyl adjacent to an activating group) is 1. The van der Waals surface area contributed by atoms with E-state index in [2.05, 4.69) is 16.8 Å². The summed E-state index contributed by atoms with van der Waals surface area (Å²) < 4.78 is 40.3. The van der Waals surface area contributed by atoms with Crippen molar-refractivity contribution in [2.45, 2.75) is 30.9 Å². The topological polar surface area (TPSA) is 109 Å². The first-order valence-corrected chi connectivity index (χ1v) is 14.3. The number of aliphatic hydroxyl groups excluding tert-OH is 1. The molecular weight excluding hydrogens is 530 g/mol. The van der Waals surface area contributed by atoms with E-state index in [-0.39, 0.29) is 42.2 Å². The lowest BCUT2D eigenvalue weighted by molar-refractivity contribution is 0.0559. The predicted molar refractivity (Wildman–Crippen MR) is 151 cm³/mol. The summed E-state index contributed by atoms with van der Waals surface area (Å²) in [6, 6.07) is 16.5. The van der Waals surface area contributed by atoms with Crippen LogP contribution in [0, 0.1) is 17.8 Å². The molecule has 3 atom stereocenters. The molecule has 1 amide bonds. The number of hydrogen-bond donors (Lipinski definition) is 1. The Bertz CT molecular complexity index is 1500. The first kappa shape index (κ1) is 29.1. The van der Waals surface area contributed by atoms with E-state index in [4.69, 9.17) is 9.47 Å². The number of carbonyl (C=O) groups is 1. The second-order valence-corrected chi connectivity index (χ2v) is 11.6. The SMILES string of the molecule is COc1ccc(C#Cc2ccc3c(c2)O[C@@H](CN(C)C(=O)c2ccccn2)[C@H](C)CN([C@@H](C)CO)S3(=O)=O)cc1. The number of carbonyl (C=O) groups excluding carboxylic acids is 1. The molecule has 4 rings (SSSR count). The normalized spacial score (nSPS) is 19.0. The quantitative estimate of drug-likeness (QED) is 0.459. The van der Waals surface area contributed by atoms with E-state index in [0.29, 0.717) is 11.3 Å². The van der Waals surface area contributed by atoms with Gasteiger partial charge in [0.2, 0.25) is 10.0 Å². The highest BCUT2D eigenvalue weighted by Gasteiger charge is 2.38. The van der Waals surface area contributed by atoms with Crippen LogP contribution in [0.3, 0.4) is 0 Å². The molecule has 1 aliphatic rings. The van der Waals surface area contributed by atoms with Gasteiger partial charge in [-0.2, -0.15) is 4.31 Å². The van der Waals surface area contributed by atoms with Crippen molar-refractivity contribution in [1.29, 1.82) is 0 Å². The number of fused-ring (bicyclic) bond motifs is 1. The molecule has 2 heterocycles. The zero-order chi connectivity index (χ0) is 28.9. The van der Waals surface area contributed by atoms with Crippen LogP contribution in [0.25, 0.3) is 0 Å². The van der Waals surface area contributed by atoms with Crippen molar-refractivity contribution in [3.63, 3.8) is 0 Å². The van der Waals surface area contributed by atoms with Crippen LogP contribution in [-0.4, -0.2) is 79.6 Å². The van der Waals surface area contributed by atoms with Gasteiger partial charge >= 0.3 is 0 Å². The predicted octanol–water partition coefficient (Wildman–Crippen LogP) is 3.03. The smallest absolute Gasteiger partial charge is 0.272 e. The number of sulfonamides is 1. The molecule has 10 heteroatoms. The van der Waals surface area contributed by atoms with Gasteiger partial charge in [0.25, 0.3) is 5.91 Å². The number of aliphatic hydroxyl groups is 1. The molecule has 3 aromatic rings. The molecule has 1 aromatic heterocycles. The Morgan fingerprint density at radius 1 is 1.18 bits per heavy atom. The van der Waals surface area contributed by atoms with Gasteiger partial charge in [-0.05, 0) is 61.5 Å². The van der Waals surface area contributed by atoms with Gasteiger partial charge in [-0.3, -0.25) is 9.78 Å². The lowest BCUT2D eigenvalue weighted by Gasteiger charge is -2.37. The van der Waals surface area contributed by atoms with Gasteiger partial charge in [-0.25, -0.2) is 8.42 Å². The van der Waals surface area contributed by atoms with Crippen molar-refractivity contribution in [2.24, 2.45) is 5.92 Å². The minimum atomic E-state index is -3.99. The Hall–Kier alpha value is -3.91. The van der Waals surface area contributed by atoms with Crippen molar-refractivity contribution in [1.82, 2.24) is 14.2 Å². The second kappa shape index (κ2) is 12.5. The summed E-state index contributed by atoms with van der Waals surface area (Å²) in [6.45, 7) is 3.50. The Kier molecular flexibility index (Phi) is 9.10. The highest BCUT2D eigenvalue weighted by molar-refractivity contribution is 7.89. The lowest BCUT2D eigenvalue weighted by atomic mass is 10.0. The average Bonchev–Trinajstić information content (AvgIpc) is 2.97. The number of benzene rings is 2. The van der Waals surface area contributed by atoms with Gasteiger partial charge in [0, 0.05) is 42.9 Å². The molecule has 0 saturated carbocycles. The largest absolute Gasteiger partial charge is 0.497 e. The molecular formula is C30H33N3O6S. The van der Waals surface area contributed by atoms with Crippen LogP contribution in [0.5, 0.6) is 11.5 Å². The van der Waals surface area contributed by atoms with E-state index in [1.807, 2.05) is 31.2 Å². The number of ether oxygens (including phenoxy) is 2. The molecule has 0 spiro atoms. The number of aromatic nitrogens is 1. The van der Waals surface area contributed by atoms with Gasteiger partial charge in [0.05, 0.1) is 20.3 Å². The molecule has 0 saturated heterocycles. The summed E-state index contributed by atoms with van der Waals surface area (Å²) in [6.07, 6.45) is 1.00. The molecule has 210 valence electrons. The average molecular weight is 564 g/mol. The van der Waals surface area contributed by atoms with Crippen LogP contribution in [0.1, 0.15) is 35.5 Å². The van der Waals surface area contributed by atoms with Gasteiger partial charge in [-0.15, -0.1) is 0 Å². The summed E-state index contributed by atoms with van der Waals surface area (Å²) in [5.74, 6) is 6.43. The summed E-state index contributed by atoms with van der Waals surface area (Å²) in [5, 5.41) is 9.86.